The van der Waals surface area contributed by atoms with E-state index in [-0.39, 0.29) is 24.2 Å². The minimum absolute atomic E-state index is 0.0455. The summed E-state index contributed by atoms with van der Waals surface area (Å²) in [4.78, 5) is 12.6. The normalized spacial score (nSPS) is 19.7. The number of aliphatic imine (C=N–C) groups is 1. The van der Waals surface area contributed by atoms with E-state index in [0.29, 0.717) is 17.4 Å². The number of rotatable bonds is 7. The van der Waals surface area contributed by atoms with Crippen LogP contribution in [0.15, 0.2) is 66.2 Å². The van der Waals surface area contributed by atoms with Gasteiger partial charge >= 0.3 is 6.18 Å². The average Bonchev–Trinajstić information content (AvgIpc) is 3.43. The van der Waals surface area contributed by atoms with Gasteiger partial charge in [0.25, 0.3) is 0 Å². The van der Waals surface area contributed by atoms with Crippen molar-refractivity contribution < 1.29 is 17.9 Å². The van der Waals surface area contributed by atoms with Crippen LogP contribution in [0.5, 0.6) is 5.88 Å². The maximum absolute atomic E-state index is 13.0. The standard InChI is InChI=1S/C27H27F3N8O/c1-15(2)25(17-3-7-22(32-12-17)27(28,29)30)37-14-19(13-34-37)18-9-21(38-23(10-18)35-26(31)36-38)16-4-8-24(33-11-16)39-20-5-6-20/h3-4,7-15,20,23,25H,5-6H2,1-2H3,(H3,31,35,36). The van der Waals surface area contributed by atoms with Gasteiger partial charge in [-0.1, -0.05) is 19.9 Å². The van der Waals surface area contributed by atoms with Crippen LogP contribution in [0.25, 0.3) is 11.3 Å². The summed E-state index contributed by atoms with van der Waals surface area (Å²) < 4.78 is 46.6. The average molecular weight is 537 g/mol. The van der Waals surface area contributed by atoms with Gasteiger partial charge in [0, 0.05) is 35.8 Å². The first-order valence-electron chi connectivity index (χ1n) is 12.7. The molecule has 39 heavy (non-hydrogen) atoms. The molecule has 2 unspecified atom stereocenters. The molecule has 0 amide bonds. The third kappa shape index (κ3) is 5.06. The number of aromatic nitrogens is 4. The molecule has 0 saturated heterocycles. The number of fused-ring (bicyclic) bond motifs is 1. The van der Waals surface area contributed by atoms with Crippen LogP contribution in [0.4, 0.5) is 13.2 Å². The number of nitrogens with two attached hydrogens (primary N) is 1. The number of hydrazine groups is 1. The third-order valence-corrected chi connectivity index (χ3v) is 6.76. The van der Waals surface area contributed by atoms with Crippen LogP contribution in [0.3, 0.4) is 0 Å². The fraction of sp³-hybridized carbons (Fsp3) is 0.333. The van der Waals surface area contributed by atoms with Gasteiger partial charge in [0.1, 0.15) is 11.8 Å². The Balaban J connectivity index is 1.31. The summed E-state index contributed by atoms with van der Waals surface area (Å²) in [6.45, 7) is 3.98. The van der Waals surface area contributed by atoms with Gasteiger partial charge in [-0.3, -0.25) is 20.1 Å². The molecule has 3 N–H and O–H groups in total. The van der Waals surface area contributed by atoms with Crippen molar-refractivity contribution in [3.8, 4) is 5.88 Å². The highest BCUT2D eigenvalue weighted by molar-refractivity contribution is 5.89. The van der Waals surface area contributed by atoms with Crippen LogP contribution in [-0.4, -0.2) is 43.0 Å². The predicted octanol–water partition coefficient (Wildman–Crippen LogP) is 4.38. The summed E-state index contributed by atoms with van der Waals surface area (Å²) in [5, 5.41) is 6.45. The number of ether oxygens (including phenoxy) is 1. The zero-order valence-electron chi connectivity index (χ0n) is 21.3. The first-order chi connectivity index (χ1) is 18.7. The van der Waals surface area contributed by atoms with Crippen molar-refractivity contribution >= 4 is 17.2 Å². The van der Waals surface area contributed by atoms with E-state index >= 15 is 0 Å². The van der Waals surface area contributed by atoms with Gasteiger partial charge in [-0.05, 0) is 54.2 Å². The van der Waals surface area contributed by atoms with E-state index in [1.54, 1.807) is 17.1 Å². The monoisotopic (exact) mass is 536 g/mol. The zero-order valence-corrected chi connectivity index (χ0v) is 21.3. The Morgan fingerprint density at radius 2 is 1.87 bits per heavy atom. The molecule has 1 fully saturated rings. The van der Waals surface area contributed by atoms with Gasteiger partial charge in [-0.15, -0.1) is 0 Å². The lowest BCUT2D eigenvalue weighted by Gasteiger charge is -2.30. The number of hydrogen-bond donors (Lipinski definition) is 2. The summed E-state index contributed by atoms with van der Waals surface area (Å²) >= 11 is 0. The van der Waals surface area contributed by atoms with E-state index < -0.39 is 11.9 Å². The second kappa shape index (κ2) is 9.44. The van der Waals surface area contributed by atoms with Crippen molar-refractivity contribution in [1.82, 2.24) is 30.2 Å². The number of nitrogens with one attached hydrogen (secondary N) is 1. The van der Waals surface area contributed by atoms with E-state index in [1.165, 1.54) is 12.3 Å². The number of hydrogen-bond acceptors (Lipinski definition) is 8. The molecule has 12 heteroatoms. The van der Waals surface area contributed by atoms with Gasteiger partial charge in [-0.2, -0.15) is 18.3 Å². The summed E-state index contributed by atoms with van der Waals surface area (Å²) in [5.41, 5.74) is 12.2. The lowest BCUT2D eigenvalue weighted by molar-refractivity contribution is -0.141. The summed E-state index contributed by atoms with van der Waals surface area (Å²) in [5.74, 6) is 0.938. The molecule has 5 heterocycles. The summed E-state index contributed by atoms with van der Waals surface area (Å²) in [6, 6.07) is 5.96. The Kier molecular flexibility index (Phi) is 6.04. The first kappa shape index (κ1) is 25.0. The van der Waals surface area contributed by atoms with Crippen molar-refractivity contribution in [3.63, 3.8) is 0 Å². The van der Waals surface area contributed by atoms with Crippen molar-refractivity contribution in [3.05, 3.63) is 83.6 Å². The Morgan fingerprint density at radius 3 is 2.51 bits per heavy atom. The molecule has 0 bridgehead atoms. The second-order valence-corrected chi connectivity index (χ2v) is 10.1. The fourth-order valence-corrected chi connectivity index (χ4v) is 4.75. The molecule has 202 valence electrons. The molecule has 2 aliphatic heterocycles. The molecule has 6 rings (SSSR count). The SMILES string of the molecule is CC(C)C(c1ccc(C(F)(F)F)nc1)n1cc(C2=CC3N=C(N)NN3C(c3ccc(OC4CC4)nc3)=C2)cn1. The van der Waals surface area contributed by atoms with E-state index in [4.69, 9.17) is 10.5 Å². The smallest absolute Gasteiger partial charge is 0.433 e. The van der Waals surface area contributed by atoms with Crippen molar-refractivity contribution in [2.45, 2.75) is 51.2 Å². The molecular formula is C27H27F3N8O. The van der Waals surface area contributed by atoms with Crippen molar-refractivity contribution in [2.24, 2.45) is 16.6 Å². The van der Waals surface area contributed by atoms with Crippen LogP contribution in [0.2, 0.25) is 0 Å². The molecule has 9 nitrogen and oxygen atoms in total. The van der Waals surface area contributed by atoms with Gasteiger partial charge in [-0.25, -0.2) is 9.98 Å². The molecule has 1 saturated carbocycles. The van der Waals surface area contributed by atoms with E-state index in [2.05, 4.69) is 25.5 Å². The number of halogens is 3. The molecule has 0 radical (unpaired) electrons. The summed E-state index contributed by atoms with van der Waals surface area (Å²) in [7, 11) is 0. The Bertz CT molecular complexity index is 1450. The number of pyridine rings is 2. The van der Waals surface area contributed by atoms with E-state index in [1.807, 2.05) is 49.3 Å². The van der Waals surface area contributed by atoms with Gasteiger partial charge in [0.2, 0.25) is 11.8 Å². The Hall–Kier alpha value is -4.35. The molecule has 0 aromatic carbocycles. The number of guanidine groups is 1. The van der Waals surface area contributed by atoms with E-state index in [9.17, 15) is 13.2 Å². The second-order valence-electron chi connectivity index (χ2n) is 10.1. The molecule has 1 aliphatic carbocycles. The van der Waals surface area contributed by atoms with Gasteiger partial charge in [0.15, 0.2) is 6.17 Å². The first-order valence-corrected chi connectivity index (χ1v) is 12.7. The van der Waals surface area contributed by atoms with Crippen LogP contribution in [0, 0.1) is 5.92 Å². The molecule has 3 aromatic heterocycles. The lowest BCUT2D eigenvalue weighted by Crippen LogP contribution is -2.42. The molecule has 3 aliphatic rings. The fourth-order valence-electron chi connectivity index (χ4n) is 4.75. The predicted molar refractivity (Wildman–Crippen MR) is 139 cm³/mol. The minimum atomic E-state index is -4.49. The molecule has 3 aromatic rings. The zero-order chi connectivity index (χ0) is 27.3. The Morgan fingerprint density at radius 1 is 1.05 bits per heavy atom. The molecular weight excluding hydrogens is 509 g/mol. The quantitative estimate of drug-likeness (QED) is 0.462. The maximum Gasteiger partial charge on any atom is 0.433 e. The van der Waals surface area contributed by atoms with Gasteiger partial charge in [0.05, 0.1) is 17.9 Å². The third-order valence-electron chi connectivity index (χ3n) is 6.76. The number of alkyl halides is 3. The highest BCUT2D eigenvalue weighted by atomic mass is 19.4. The topological polar surface area (TPSA) is 106 Å². The van der Waals surface area contributed by atoms with Gasteiger partial charge < -0.3 is 10.5 Å². The van der Waals surface area contributed by atoms with Crippen LogP contribution >= 0.6 is 0 Å². The minimum Gasteiger partial charge on any atom is -0.474 e. The largest absolute Gasteiger partial charge is 0.474 e. The number of nitrogens with zero attached hydrogens (tertiary/aromatic N) is 6. The number of allylic oxidation sites excluding steroid dienone is 2. The maximum atomic E-state index is 13.0. The lowest BCUT2D eigenvalue weighted by atomic mass is 9.97. The van der Waals surface area contributed by atoms with Crippen LogP contribution in [0.1, 0.15) is 55.1 Å². The Labute approximate surface area is 222 Å². The molecule has 0 spiro atoms. The van der Waals surface area contributed by atoms with E-state index in [0.717, 1.165) is 41.3 Å². The van der Waals surface area contributed by atoms with Crippen molar-refractivity contribution in [2.75, 3.05) is 0 Å². The summed E-state index contributed by atoms with van der Waals surface area (Å²) in [6.07, 6.45) is 8.14. The van der Waals surface area contributed by atoms with Crippen LogP contribution in [-0.2, 0) is 6.18 Å². The van der Waals surface area contributed by atoms with Crippen molar-refractivity contribution in [1.29, 1.82) is 0 Å². The highest BCUT2D eigenvalue weighted by Gasteiger charge is 2.33. The molecule has 2 atom stereocenters. The highest BCUT2D eigenvalue weighted by Crippen LogP contribution is 2.35. The van der Waals surface area contributed by atoms with Crippen LogP contribution < -0.4 is 15.9 Å².